The van der Waals surface area contributed by atoms with Crippen molar-refractivity contribution in [2.45, 2.75) is 24.6 Å². The molecular weight excluding hydrogens is 228 g/mol. The van der Waals surface area contributed by atoms with E-state index >= 15 is 0 Å². The maximum Gasteiger partial charge on any atom is 0.321 e. The molecule has 0 aromatic heterocycles. The lowest BCUT2D eigenvalue weighted by molar-refractivity contribution is -0.139. The maximum absolute atomic E-state index is 11.2. The summed E-state index contributed by atoms with van der Waals surface area (Å²) in [5, 5.41) is 11.2. The maximum atomic E-state index is 11.2. The van der Waals surface area contributed by atoms with Gasteiger partial charge in [-0.15, -0.1) is 18.2 Å². The van der Waals surface area contributed by atoms with Crippen molar-refractivity contribution in [2.24, 2.45) is 5.73 Å². The molecule has 6 heteroatoms. The van der Waals surface area contributed by atoms with Gasteiger partial charge in [0.25, 0.3) is 0 Å². The Bertz CT molecular complexity index is 310. The number of rotatable bonds is 6. The molecule has 4 N–H and O–H groups in total. The normalized spacial score (nSPS) is 12.6. The van der Waals surface area contributed by atoms with Crippen LogP contribution in [0.3, 0.4) is 0 Å². The van der Waals surface area contributed by atoms with Crippen molar-refractivity contribution in [3.8, 4) is 12.3 Å². The van der Waals surface area contributed by atoms with E-state index in [0.717, 1.165) is 0 Å². The van der Waals surface area contributed by atoms with Crippen molar-refractivity contribution in [2.75, 3.05) is 12.3 Å². The number of amides is 1. The van der Waals surface area contributed by atoms with Gasteiger partial charge in [-0.05, 0) is 13.8 Å². The zero-order chi connectivity index (χ0) is 12.8. The summed E-state index contributed by atoms with van der Waals surface area (Å²) < 4.78 is -0.709. The first-order valence-electron chi connectivity index (χ1n) is 4.63. The predicted molar refractivity (Wildman–Crippen MR) is 64.0 cm³/mol. The van der Waals surface area contributed by atoms with Crippen molar-refractivity contribution in [3.05, 3.63) is 0 Å². The van der Waals surface area contributed by atoms with Crippen LogP contribution in [0.25, 0.3) is 0 Å². The van der Waals surface area contributed by atoms with Crippen molar-refractivity contribution < 1.29 is 14.7 Å². The predicted octanol–water partition coefficient (Wildman–Crippen LogP) is -0.340. The van der Waals surface area contributed by atoms with Crippen molar-refractivity contribution >= 4 is 23.6 Å². The SMILES string of the molecule is C#CCNC(=O)CSC(C)(C)[C@@H](N)C(=O)O. The summed E-state index contributed by atoms with van der Waals surface area (Å²) in [5.74, 6) is 1.10. The molecule has 5 nitrogen and oxygen atoms in total. The summed E-state index contributed by atoms with van der Waals surface area (Å²) in [7, 11) is 0. The van der Waals surface area contributed by atoms with Gasteiger partial charge in [0.15, 0.2) is 0 Å². The standard InChI is InChI=1S/C10H16N2O3S/c1-4-5-12-7(13)6-16-10(2,3)8(11)9(14)15/h1,8H,5-6,11H2,2-3H3,(H,12,13)(H,14,15)/t8-/m0/s1. The first-order chi connectivity index (χ1) is 7.31. The Kier molecular flexibility index (Phi) is 5.93. The van der Waals surface area contributed by atoms with Crippen LogP contribution in [0.4, 0.5) is 0 Å². The highest BCUT2D eigenvalue weighted by Crippen LogP contribution is 2.27. The smallest absolute Gasteiger partial charge is 0.321 e. The molecule has 0 bridgehead atoms. The number of nitrogens with two attached hydrogens (primary N) is 1. The summed E-state index contributed by atoms with van der Waals surface area (Å²) in [4.78, 5) is 21.9. The minimum Gasteiger partial charge on any atom is -0.480 e. The summed E-state index contributed by atoms with van der Waals surface area (Å²) >= 11 is 1.19. The van der Waals surface area contributed by atoms with E-state index < -0.39 is 16.8 Å². The molecule has 0 spiro atoms. The third kappa shape index (κ3) is 5.05. The van der Waals surface area contributed by atoms with Gasteiger partial charge in [0.1, 0.15) is 6.04 Å². The fourth-order valence-corrected chi connectivity index (χ4v) is 1.72. The largest absolute Gasteiger partial charge is 0.480 e. The minimum atomic E-state index is -1.08. The molecule has 0 heterocycles. The third-order valence-corrected chi connectivity index (χ3v) is 3.38. The second kappa shape index (κ2) is 6.40. The van der Waals surface area contributed by atoms with Crippen LogP contribution < -0.4 is 11.1 Å². The molecule has 1 amide bonds. The number of nitrogens with one attached hydrogen (secondary N) is 1. The van der Waals surface area contributed by atoms with Crippen LogP contribution in [-0.4, -0.2) is 40.1 Å². The molecule has 0 fully saturated rings. The first kappa shape index (κ1) is 14.8. The second-order valence-electron chi connectivity index (χ2n) is 3.69. The number of terminal acetylenes is 1. The number of carboxylic acids is 1. The monoisotopic (exact) mass is 244 g/mol. The lowest BCUT2D eigenvalue weighted by Crippen LogP contribution is -2.47. The van der Waals surface area contributed by atoms with Gasteiger partial charge in [0, 0.05) is 4.75 Å². The van der Waals surface area contributed by atoms with Gasteiger partial charge in [0.05, 0.1) is 12.3 Å². The highest BCUT2D eigenvalue weighted by Gasteiger charge is 2.32. The van der Waals surface area contributed by atoms with Gasteiger partial charge >= 0.3 is 5.97 Å². The Morgan fingerprint density at radius 3 is 2.62 bits per heavy atom. The second-order valence-corrected chi connectivity index (χ2v) is 5.32. The summed E-state index contributed by atoms with van der Waals surface area (Å²) in [5.41, 5.74) is 5.50. The Hall–Kier alpha value is -1.19. The average Bonchev–Trinajstić information content (AvgIpc) is 2.22. The summed E-state index contributed by atoms with van der Waals surface area (Å²) in [6.45, 7) is 3.54. The zero-order valence-electron chi connectivity index (χ0n) is 9.32. The molecule has 0 rings (SSSR count). The van der Waals surface area contributed by atoms with Gasteiger partial charge in [-0.2, -0.15) is 0 Å². The van der Waals surface area contributed by atoms with E-state index in [-0.39, 0.29) is 18.2 Å². The molecule has 0 saturated heterocycles. The van der Waals surface area contributed by atoms with Crippen molar-refractivity contribution in [1.82, 2.24) is 5.32 Å². The highest BCUT2D eigenvalue weighted by molar-refractivity contribution is 8.01. The Morgan fingerprint density at radius 2 is 2.19 bits per heavy atom. The van der Waals surface area contributed by atoms with Crippen LogP contribution in [-0.2, 0) is 9.59 Å². The van der Waals surface area contributed by atoms with Crippen LogP contribution in [0.15, 0.2) is 0 Å². The van der Waals surface area contributed by atoms with Gasteiger partial charge < -0.3 is 16.2 Å². The fourth-order valence-electron chi connectivity index (χ4n) is 0.839. The van der Waals surface area contributed by atoms with E-state index in [9.17, 15) is 9.59 Å². The molecular formula is C10H16N2O3S. The number of hydrogen-bond acceptors (Lipinski definition) is 4. The molecule has 16 heavy (non-hydrogen) atoms. The molecule has 0 saturated carbocycles. The molecule has 0 aliphatic rings. The van der Waals surface area contributed by atoms with E-state index in [1.54, 1.807) is 13.8 Å². The van der Waals surface area contributed by atoms with E-state index in [0.29, 0.717) is 0 Å². The van der Waals surface area contributed by atoms with E-state index in [1.807, 2.05) is 0 Å². The zero-order valence-corrected chi connectivity index (χ0v) is 10.1. The van der Waals surface area contributed by atoms with Gasteiger partial charge in [-0.1, -0.05) is 5.92 Å². The average molecular weight is 244 g/mol. The van der Waals surface area contributed by atoms with Crippen LogP contribution in [0, 0.1) is 12.3 Å². The van der Waals surface area contributed by atoms with Gasteiger partial charge in [0.2, 0.25) is 5.91 Å². The van der Waals surface area contributed by atoms with Crippen LogP contribution in [0.5, 0.6) is 0 Å². The molecule has 0 unspecified atom stereocenters. The molecule has 0 radical (unpaired) electrons. The Balaban J connectivity index is 4.14. The highest BCUT2D eigenvalue weighted by atomic mass is 32.2. The Labute approximate surface area is 99.2 Å². The topological polar surface area (TPSA) is 92.4 Å². The number of carbonyl (C=O) groups is 2. The molecule has 1 atom stereocenters. The van der Waals surface area contributed by atoms with Gasteiger partial charge in [-0.3, -0.25) is 9.59 Å². The number of aliphatic carboxylic acids is 1. The molecule has 0 aromatic rings. The third-order valence-electron chi connectivity index (χ3n) is 1.98. The van der Waals surface area contributed by atoms with E-state index in [1.165, 1.54) is 11.8 Å². The minimum absolute atomic E-state index is 0.135. The fraction of sp³-hybridized carbons (Fsp3) is 0.600. The number of hydrogen-bond donors (Lipinski definition) is 3. The van der Waals surface area contributed by atoms with Crippen molar-refractivity contribution in [3.63, 3.8) is 0 Å². The molecule has 0 aliphatic carbocycles. The Morgan fingerprint density at radius 1 is 1.62 bits per heavy atom. The van der Waals surface area contributed by atoms with Crippen LogP contribution >= 0.6 is 11.8 Å². The van der Waals surface area contributed by atoms with Gasteiger partial charge in [-0.25, -0.2) is 0 Å². The van der Waals surface area contributed by atoms with E-state index in [4.69, 9.17) is 17.3 Å². The quantitative estimate of drug-likeness (QED) is 0.556. The molecule has 0 aromatic carbocycles. The molecule has 90 valence electrons. The number of carboxylic acid groups (broad SMARTS) is 1. The number of carbonyl (C=O) groups excluding carboxylic acids is 1. The summed E-state index contributed by atoms with van der Waals surface area (Å²) in [6.07, 6.45) is 4.98. The lowest BCUT2D eigenvalue weighted by Gasteiger charge is -2.27. The van der Waals surface area contributed by atoms with Crippen LogP contribution in [0.1, 0.15) is 13.8 Å². The number of thioether (sulfide) groups is 1. The van der Waals surface area contributed by atoms with Crippen molar-refractivity contribution in [1.29, 1.82) is 0 Å². The lowest BCUT2D eigenvalue weighted by atomic mass is 10.1. The molecule has 0 aliphatic heterocycles. The van der Waals surface area contributed by atoms with Crippen LogP contribution in [0.2, 0.25) is 0 Å². The summed E-state index contributed by atoms with van der Waals surface area (Å²) in [6, 6.07) is -1.02. The van der Waals surface area contributed by atoms with E-state index in [2.05, 4.69) is 11.2 Å². The first-order valence-corrected chi connectivity index (χ1v) is 5.62.